The number of carbonyl (C=O) groups is 2. The molecule has 4 rings (SSSR count). The molecular weight excluding hydrogens is 558 g/mol. The van der Waals surface area contributed by atoms with Gasteiger partial charge in [-0.1, -0.05) is 103 Å². The highest BCUT2D eigenvalue weighted by Crippen LogP contribution is 2.25. The first-order chi connectivity index (χ1) is 20.7. The number of para-hydroxylation sites is 1. The van der Waals surface area contributed by atoms with E-state index in [1.54, 1.807) is 54.6 Å². The van der Waals surface area contributed by atoms with Crippen LogP contribution in [-0.2, 0) is 32.6 Å². The molecule has 2 amide bonds. The first kappa shape index (κ1) is 31.5. The first-order valence-corrected chi connectivity index (χ1v) is 15.9. The molecule has 0 fully saturated rings. The summed E-state index contributed by atoms with van der Waals surface area (Å²) >= 11 is 0. The van der Waals surface area contributed by atoms with Crippen molar-refractivity contribution in [3.8, 4) is 0 Å². The summed E-state index contributed by atoms with van der Waals surface area (Å²) in [6.45, 7) is 5.97. The van der Waals surface area contributed by atoms with Gasteiger partial charge in [-0.25, -0.2) is 8.42 Å². The van der Waals surface area contributed by atoms with Crippen LogP contribution in [0.3, 0.4) is 0 Å². The van der Waals surface area contributed by atoms with Crippen LogP contribution in [-0.4, -0.2) is 44.3 Å². The molecule has 0 aliphatic heterocycles. The molecule has 0 heterocycles. The molecule has 0 radical (unpaired) electrons. The van der Waals surface area contributed by atoms with E-state index >= 15 is 0 Å². The van der Waals surface area contributed by atoms with E-state index in [4.69, 9.17) is 0 Å². The van der Waals surface area contributed by atoms with Crippen LogP contribution < -0.4 is 9.62 Å². The van der Waals surface area contributed by atoms with E-state index in [1.807, 2.05) is 75.4 Å². The predicted molar refractivity (Wildman–Crippen MR) is 171 cm³/mol. The maximum absolute atomic E-state index is 14.4. The number of aryl methyl sites for hydroxylation is 2. The van der Waals surface area contributed by atoms with Gasteiger partial charge < -0.3 is 10.2 Å². The molecule has 0 bridgehead atoms. The summed E-state index contributed by atoms with van der Waals surface area (Å²) in [5.41, 5.74) is 4.10. The van der Waals surface area contributed by atoms with Crippen molar-refractivity contribution < 1.29 is 18.0 Å². The third kappa shape index (κ3) is 8.32. The van der Waals surface area contributed by atoms with Crippen LogP contribution in [0.4, 0.5) is 5.69 Å². The number of anilines is 1. The second-order valence-electron chi connectivity index (χ2n) is 10.7. The van der Waals surface area contributed by atoms with Gasteiger partial charge in [-0.3, -0.25) is 13.9 Å². The van der Waals surface area contributed by atoms with Gasteiger partial charge in [-0.05, 0) is 55.7 Å². The minimum Gasteiger partial charge on any atom is -0.354 e. The van der Waals surface area contributed by atoms with Crippen molar-refractivity contribution in [2.24, 2.45) is 0 Å². The first-order valence-electron chi connectivity index (χ1n) is 14.5. The number of sulfonamides is 1. The van der Waals surface area contributed by atoms with Gasteiger partial charge in [0.05, 0.1) is 10.6 Å². The molecule has 0 aliphatic carbocycles. The highest BCUT2D eigenvalue weighted by Gasteiger charge is 2.34. The van der Waals surface area contributed by atoms with Crippen LogP contribution in [0, 0.1) is 13.8 Å². The Bertz CT molecular complexity index is 1590. The minimum atomic E-state index is -4.11. The molecule has 4 aromatic carbocycles. The maximum atomic E-state index is 14.4. The number of rotatable bonds is 13. The number of benzene rings is 4. The van der Waals surface area contributed by atoms with E-state index in [0.717, 1.165) is 33.0 Å². The average Bonchev–Trinajstić information content (AvgIpc) is 3.02. The van der Waals surface area contributed by atoms with Crippen molar-refractivity contribution in [3.05, 3.63) is 131 Å². The number of hydrogen-bond donors (Lipinski definition) is 1. The van der Waals surface area contributed by atoms with Crippen LogP contribution in [0.1, 0.15) is 35.6 Å². The van der Waals surface area contributed by atoms with Crippen molar-refractivity contribution in [1.29, 1.82) is 0 Å². The van der Waals surface area contributed by atoms with Crippen LogP contribution >= 0.6 is 0 Å². The second-order valence-corrected chi connectivity index (χ2v) is 12.5. The molecule has 0 saturated carbocycles. The summed E-state index contributed by atoms with van der Waals surface area (Å²) in [7, 11) is -4.11. The molecule has 0 aliphatic rings. The van der Waals surface area contributed by atoms with E-state index in [1.165, 1.54) is 4.90 Å². The van der Waals surface area contributed by atoms with Crippen molar-refractivity contribution >= 4 is 27.5 Å². The number of nitrogens with zero attached hydrogens (tertiary/aromatic N) is 2. The molecule has 43 heavy (non-hydrogen) atoms. The van der Waals surface area contributed by atoms with Gasteiger partial charge in [-0.15, -0.1) is 0 Å². The molecule has 0 saturated heterocycles. The molecule has 7 nitrogen and oxygen atoms in total. The molecule has 1 N–H and O–H groups in total. The molecule has 4 aromatic rings. The summed E-state index contributed by atoms with van der Waals surface area (Å²) in [4.78, 5) is 29.6. The largest absolute Gasteiger partial charge is 0.354 e. The van der Waals surface area contributed by atoms with Crippen LogP contribution in [0.15, 0.2) is 114 Å². The van der Waals surface area contributed by atoms with E-state index in [9.17, 15) is 18.0 Å². The van der Waals surface area contributed by atoms with Gasteiger partial charge in [-0.2, -0.15) is 0 Å². The predicted octanol–water partition coefficient (Wildman–Crippen LogP) is 5.67. The van der Waals surface area contributed by atoms with Crippen LogP contribution in [0.2, 0.25) is 0 Å². The summed E-state index contributed by atoms with van der Waals surface area (Å²) in [6, 6.07) is 31.6. The Morgan fingerprint density at radius 2 is 1.30 bits per heavy atom. The van der Waals surface area contributed by atoms with Gasteiger partial charge in [0.2, 0.25) is 11.8 Å². The standard InChI is InChI=1S/C35H39N3O4S/c1-4-23-36-35(40)33(24-29-11-7-5-8-12-29)37(25-30-19-15-27(2)16-20-30)34(39)26-38(31-13-9-6-10-14-31)43(41,42)32-21-17-28(3)18-22-32/h5-22,33H,4,23-26H2,1-3H3,(H,36,40). The quantitative estimate of drug-likeness (QED) is 0.215. The zero-order valence-corrected chi connectivity index (χ0v) is 25.8. The smallest absolute Gasteiger partial charge is 0.264 e. The molecule has 224 valence electrons. The SMILES string of the molecule is CCCNC(=O)C(Cc1ccccc1)N(Cc1ccc(C)cc1)C(=O)CN(c1ccccc1)S(=O)(=O)c1ccc(C)cc1. The number of hydrogen-bond acceptors (Lipinski definition) is 4. The molecule has 1 atom stereocenters. The second kappa shape index (κ2) is 14.6. The fourth-order valence-electron chi connectivity index (χ4n) is 4.77. The minimum absolute atomic E-state index is 0.0846. The molecule has 0 spiro atoms. The third-order valence-corrected chi connectivity index (χ3v) is 9.01. The lowest BCUT2D eigenvalue weighted by Crippen LogP contribution is -2.53. The van der Waals surface area contributed by atoms with E-state index in [2.05, 4.69) is 5.32 Å². The topological polar surface area (TPSA) is 86.8 Å². The maximum Gasteiger partial charge on any atom is 0.264 e. The number of nitrogens with one attached hydrogen (secondary N) is 1. The fourth-order valence-corrected chi connectivity index (χ4v) is 6.18. The average molecular weight is 598 g/mol. The highest BCUT2D eigenvalue weighted by atomic mass is 32.2. The van der Waals surface area contributed by atoms with Crippen molar-refractivity contribution in [1.82, 2.24) is 10.2 Å². The lowest BCUT2D eigenvalue weighted by molar-refractivity contribution is -0.140. The van der Waals surface area contributed by atoms with Crippen molar-refractivity contribution in [3.63, 3.8) is 0 Å². The van der Waals surface area contributed by atoms with Crippen molar-refractivity contribution in [2.75, 3.05) is 17.4 Å². The van der Waals surface area contributed by atoms with Gasteiger partial charge in [0.1, 0.15) is 12.6 Å². The van der Waals surface area contributed by atoms with E-state index < -0.39 is 28.5 Å². The Morgan fingerprint density at radius 1 is 0.744 bits per heavy atom. The Hall–Kier alpha value is -4.43. The Balaban J connectivity index is 1.77. The zero-order chi connectivity index (χ0) is 30.8. The third-order valence-electron chi connectivity index (χ3n) is 7.23. The summed E-state index contributed by atoms with van der Waals surface area (Å²) in [5, 5.41) is 2.96. The van der Waals surface area contributed by atoms with Crippen LogP contribution in [0.25, 0.3) is 0 Å². The summed E-state index contributed by atoms with van der Waals surface area (Å²) < 4.78 is 29.2. The van der Waals surface area contributed by atoms with Crippen LogP contribution in [0.5, 0.6) is 0 Å². The normalized spacial score (nSPS) is 11.9. The van der Waals surface area contributed by atoms with Gasteiger partial charge in [0.25, 0.3) is 10.0 Å². The molecule has 8 heteroatoms. The summed E-state index contributed by atoms with van der Waals surface area (Å²) in [5.74, 6) is -0.758. The fraction of sp³-hybridized carbons (Fsp3) is 0.257. The Kier molecular flexibility index (Phi) is 10.7. The zero-order valence-electron chi connectivity index (χ0n) is 24.9. The van der Waals surface area contributed by atoms with E-state index in [0.29, 0.717) is 12.2 Å². The summed E-state index contributed by atoms with van der Waals surface area (Å²) in [6.07, 6.45) is 1.02. The van der Waals surface area contributed by atoms with Gasteiger partial charge >= 0.3 is 0 Å². The molecule has 1 unspecified atom stereocenters. The van der Waals surface area contributed by atoms with Gasteiger partial charge in [0.15, 0.2) is 0 Å². The molecular formula is C35H39N3O4S. The van der Waals surface area contributed by atoms with Gasteiger partial charge in [0, 0.05) is 19.5 Å². The van der Waals surface area contributed by atoms with Crippen molar-refractivity contribution in [2.45, 2.75) is 51.1 Å². The Morgan fingerprint density at radius 3 is 1.88 bits per heavy atom. The molecule has 0 aromatic heterocycles. The lowest BCUT2D eigenvalue weighted by Gasteiger charge is -2.34. The number of amides is 2. The number of carbonyl (C=O) groups excluding carboxylic acids is 2. The lowest BCUT2D eigenvalue weighted by atomic mass is 10.0. The Labute approximate surface area is 255 Å². The highest BCUT2D eigenvalue weighted by molar-refractivity contribution is 7.92. The van der Waals surface area contributed by atoms with E-state index in [-0.39, 0.29) is 23.8 Å². The monoisotopic (exact) mass is 597 g/mol.